The molecule has 0 fully saturated rings. The van der Waals surface area contributed by atoms with Gasteiger partial charge in [0.2, 0.25) is 5.69 Å². The van der Waals surface area contributed by atoms with Crippen molar-refractivity contribution in [2.24, 2.45) is 0 Å². The van der Waals surface area contributed by atoms with E-state index in [4.69, 9.17) is 16.9 Å². The lowest BCUT2D eigenvalue weighted by atomic mass is 10.1. The summed E-state index contributed by atoms with van der Waals surface area (Å²) in [7, 11) is 0. The summed E-state index contributed by atoms with van der Waals surface area (Å²) < 4.78 is 25.0. The van der Waals surface area contributed by atoms with E-state index in [0.717, 1.165) is 0 Å². The summed E-state index contributed by atoms with van der Waals surface area (Å²) in [5.74, 6) is -0.985. The lowest BCUT2D eigenvalue weighted by molar-refractivity contribution is -0.389. The maximum atomic E-state index is 12.5. The van der Waals surface area contributed by atoms with E-state index in [0.29, 0.717) is 6.07 Å². The van der Waals surface area contributed by atoms with Gasteiger partial charge >= 0.3 is 5.82 Å². The van der Waals surface area contributed by atoms with Gasteiger partial charge in [0.05, 0.1) is 5.56 Å². The molecule has 1 aromatic rings. The zero-order valence-electron chi connectivity index (χ0n) is 7.85. The van der Waals surface area contributed by atoms with Crippen LogP contribution in [0, 0.1) is 21.4 Å². The Bertz CT molecular complexity index is 542. The summed E-state index contributed by atoms with van der Waals surface area (Å²) >= 11 is 4.98. The van der Waals surface area contributed by atoms with Crippen LogP contribution in [0.5, 0.6) is 0 Å². The number of nitriles is 1. The van der Waals surface area contributed by atoms with Crippen LogP contribution < -0.4 is 0 Å². The van der Waals surface area contributed by atoms with E-state index in [2.05, 4.69) is 4.98 Å². The second-order valence-electron chi connectivity index (χ2n) is 2.74. The van der Waals surface area contributed by atoms with Gasteiger partial charge in [0.1, 0.15) is 6.07 Å². The summed E-state index contributed by atoms with van der Waals surface area (Å²) in [6.45, 7) is 0. The smallest absolute Gasteiger partial charge is 0.358 e. The molecular weight excluding hydrogens is 260 g/mol. The molecule has 0 spiro atoms. The van der Waals surface area contributed by atoms with Crippen LogP contribution >= 0.6 is 11.6 Å². The molecule has 0 amide bonds. The summed E-state index contributed by atoms with van der Waals surface area (Å²) in [5.41, 5.74) is -2.49. The number of carbonyl (C=O) groups excluding carboxylic acids is 1. The number of alkyl halides is 2. The first-order chi connectivity index (χ1) is 7.88. The minimum absolute atomic E-state index is 0.533. The highest BCUT2D eigenvalue weighted by atomic mass is 35.5. The van der Waals surface area contributed by atoms with Crippen LogP contribution in [0.1, 0.15) is 28.0 Å². The molecule has 0 unspecified atom stereocenters. The number of halogens is 3. The van der Waals surface area contributed by atoms with Gasteiger partial charge in [-0.15, -0.1) is 0 Å². The van der Waals surface area contributed by atoms with Gasteiger partial charge < -0.3 is 10.1 Å². The van der Waals surface area contributed by atoms with Gasteiger partial charge in [0, 0.05) is 0 Å². The monoisotopic (exact) mass is 261 g/mol. The quantitative estimate of drug-likeness (QED) is 0.472. The van der Waals surface area contributed by atoms with Gasteiger partial charge in [0.15, 0.2) is 5.56 Å². The fourth-order valence-corrected chi connectivity index (χ4v) is 1.22. The highest BCUT2D eigenvalue weighted by molar-refractivity contribution is 6.67. The molecule has 0 saturated heterocycles. The maximum Gasteiger partial charge on any atom is 0.382 e. The van der Waals surface area contributed by atoms with Gasteiger partial charge in [-0.2, -0.15) is 5.26 Å². The van der Waals surface area contributed by atoms with E-state index in [9.17, 15) is 23.7 Å². The molecule has 88 valence electrons. The van der Waals surface area contributed by atoms with Gasteiger partial charge in [-0.1, -0.05) is 0 Å². The van der Waals surface area contributed by atoms with E-state index in [1.165, 1.54) is 6.07 Å². The number of hydrogen-bond acceptors (Lipinski definition) is 5. The highest BCUT2D eigenvalue weighted by Crippen LogP contribution is 2.27. The molecular formula is C8H2ClF2N3O3. The lowest BCUT2D eigenvalue weighted by Crippen LogP contribution is -2.07. The standard InChI is InChI=1S/C8H2ClF2N3O3/c9-6(15)5-4(7(10)11)1-3(2-12)8(13-5)14(16)17/h1,7H. The van der Waals surface area contributed by atoms with Crippen molar-refractivity contribution in [1.29, 1.82) is 5.26 Å². The third kappa shape index (κ3) is 2.51. The molecule has 0 aliphatic carbocycles. The zero-order chi connectivity index (χ0) is 13.2. The molecule has 0 aliphatic rings. The zero-order valence-corrected chi connectivity index (χ0v) is 8.61. The molecule has 9 heteroatoms. The first kappa shape index (κ1) is 12.9. The van der Waals surface area contributed by atoms with E-state index < -0.39 is 39.2 Å². The minimum atomic E-state index is -3.12. The molecule has 17 heavy (non-hydrogen) atoms. The second-order valence-corrected chi connectivity index (χ2v) is 3.08. The van der Waals surface area contributed by atoms with Crippen LogP contribution in [0.4, 0.5) is 14.6 Å². The van der Waals surface area contributed by atoms with E-state index >= 15 is 0 Å². The molecule has 0 aliphatic heterocycles. The van der Waals surface area contributed by atoms with Gasteiger partial charge in [-0.3, -0.25) is 4.79 Å². The Kier molecular flexibility index (Phi) is 3.65. The van der Waals surface area contributed by atoms with Crippen LogP contribution in [0.3, 0.4) is 0 Å². The fraction of sp³-hybridized carbons (Fsp3) is 0.125. The van der Waals surface area contributed by atoms with Crippen LogP contribution in [0.15, 0.2) is 6.07 Å². The van der Waals surface area contributed by atoms with Crippen molar-refractivity contribution in [3.63, 3.8) is 0 Å². The van der Waals surface area contributed by atoms with Crippen molar-refractivity contribution in [3.8, 4) is 6.07 Å². The summed E-state index contributed by atoms with van der Waals surface area (Å²) in [6, 6.07) is 1.88. The average molecular weight is 262 g/mol. The van der Waals surface area contributed by atoms with Crippen LogP contribution in [-0.4, -0.2) is 15.1 Å². The summed E-state index contributed by atoms with van der Waals surface area (Å²) in [4.78, 5) is 23.3. The molecule has 6 nitrogen and oxygen atoms in total. The molecule has 0 atom stereocenters. The Balaban J connectivity index is 3.61. The second kappa shape index (κ2) is 4.80. The van der Waals surface area contributed by atoms with E-state index in [1.807, 2.05) is 0 Å². The molecule has 0 saturated carbocycles. The number of nitrogens with zero attached hydrogens (tertiary/aromatic N) is 3. The van der Waals surface area contributed by atoms with Gasteiger partial charge in [-0.25, -0.2) is 8.78 Å². The van der Waals surface area contributed by atoms with E-state index in [1.54, 1.807) is 0 Å². The molecule has 0 radical (unpaired) electrons. The number of aromatic nitrogens is 1. The number of pyridine rings is 1. The maximum absolute atomic E-state index is 12.5. The molecule has 0 bridgehead atoms. The highest BCUT2D eigenvalue weighted by Gasteiger charge is 2.29. The Labute approximate surface area is 97.6 Å². The Morgan fingerprint density at radius 3 is 2.59 bits per heavy atom. The Hall–Kier alpha value is -2.14. The molecule has 1 heterocycles. The van der Waals surface area contributed by atoms with Crippen molar-refractivity contribution in [1.82, 2.24) is 4.98 Å². The Morgan fingerprint density at radius 2 is 2.24 bits per heavy atom. The van der Waals surface area contributed by atoms with E-state index in [-0.39, 0.29) is 0 Å². The number of carbonyl (C=O) groups is 1. The molecule has 1 aromatic heterocycles. The number of nitro groups is 1. The topological polar surface area (TPSA) is 96.9 Å². The number of rotatable bonds is 3. The lowest BCUT2D eigenvalue weighted by Gasteiger charge is -2.02. The first-order valence-corrected chi connectivity index (χ1v) is 4.33. The minimum Gasteiger partial charge on any atom is -0.358 e. The van der Waals surface area contributed by atoms with Crippen molar-refractivity contribution in [2.75, 3.05) is 0 Å². The summed E-state index contributed by atoms with van der Waals surface area (Å²) in [5, 5.41) is 17.7. The van der Waals surface area contributed by atoms with Crippen LogP contribution in [-0.2, 0) is 0 Å². The van der Waals surface area contributed by atoms with Crippen LogP contribution in [0.25, 0.3) is 0 Å². The van der Waals surface area contributed by atoms with Gasteiger partial charge in [0.25, 0.3) is 11.7 Å². The van der Waals surface area contributed by atoms with Crippen molar-refractivity contribution >= 4 is 22.7 Å². The van der Waals surface area contributed by atoms with Crippen molar-refractivity contribution in [3.05, 3.63) is 33.0 Å². The predicted octanol–water partition coefficient (Wildman–Crippen LogP) is 2.18. The molecule has 1 rings (SSSR count). The van der Waals surface area contributed by atoms with Crippen molar-refractivity contribution in [2.45, 2.75) is 6.43 Å². The van der Waals surface area contributed by atoms with Gasteiger partial charge in [-0.05, 0) is 27.6 Å². The van der Waals surface area contributed by atoms with Crippen molar-refractivity contribution < 1.29 is 18.5 Å². The largest absolute Gasteiger partial charge is 0.382 e. The van der Waals surface area contributed by atoms with Crippen LogP contribution in [0.2, 0.25) is 0 Å². The molecule has 0 N–H and O–H groups in total. The SMILES string of the molecule is N#Cc1cc(C(F)F)c(C(=O)Cl)nc1[N+](=O)[O-]. The number of hydrogen-bond donors (Lipinski definition) is 0. The third-order valence-electron chi connectivity index (χ3n) is 1.75. The third-order valence-corrected chi connectivity index (χ3v) is 1.93. The average Bonchev–Trinajstić information content (AvgIpc) is 2.26. The predicted molar refractivity (Wildman–Crippen MR) is 50.7 cm³/mol. The summed E-state index contributed by atoms with van der Waals surface area (Å²) in [6.07, 6.45) is -3.12. The Morgan fingerprint density at radius 1 is 1.65 bits per heavy atom. The fourth-order valence-electron chi connectivity index (χ4n) is 1.06. The normalized spacial score (nSPS) is 10.1. The first-order valence-electron chi connectivity index (χ1n) is 3.96. The molecule has 0 aromatic carbocycles.